The molecule has 0 radical (unpaired) electrons. The third-order valence-corrected chi connectivity index (χ3v) is 4.15. The second-order valence-corrected chi connectivity index (χ2v) is 7.13. The summed E-state index contributed by atoms with van der Waals surface area (Å²) < 4.78 is 6.47. The lowest BCUT2D eigenvalue weighted by Gasteiger charge is -2.12. The highest BCUT2D eigenvalue weighted by Gasteiger charge is 2.06. The van der Waals surface area contributed by atoms with E-state index >= 15 is 0 Å². The maximum Gasteiger partial charge on any atom is 0.224 e. The van der Waals surface area contributed by atoms with Crippen LogP contribution in [0.3, 0.4) is 0 Å². The van der Waals surface area contributed by atoms with E-state index in [1.807, 2.05) is 63.2 Å². The number of ether oxygens (including phenoxy) is 1. The van der Waals surface area contributed by atoms with Crippen molar-refractivity contribution in [2.24, 2.45) is 5.92 Å². The molecule has 0 unspecified atom stereocenters. The van der Waals surface area contributed by atoms with Crippen LogP contribution in [0.15, 0.2) is 46.9 Å². The van der Waals surface area contributed by atoms with Gasteiger partial charge in [-0.25, -0.2) is 0 Å². The molecule has 0 bridgehead atoms. The van der Waals surface area contributed by atoms with Gasteiger partial charge < -0.3 is 15.4 Å². The Morgan fingerprint density at radius 3 is 2.60 bits per heavy atom. The van der Waals surface area contributed by atoms with E-state index in [2.05, 4.69) is 26.6 Å². The predicted octanol–water partition coefficient (Wildman–Crippen LogP) is 5.44. The maximum absolute atomic E-state index is 11.9. The van der Waals surface area contributed by atoms with Crippen molar-refractivity contribution in [3.8, 4) is 5.75 Å². The first kappa shape index (κ1) is 19.3. The van der Waals surface area contributed by atoms with Crippen LogP contribution in [0.2, 0.25) is 0 Å². The lowest BCUT2D eigenvalue weighted by molar-refractivity contribution is -0.116. The number of benzene rings is 2. The molecule has 0 saturated heterocycles. The molecule has 0 atom stereocenters. The highest BCUT2D eigenvalue weighted by molar-refractivity contribution is 9.10. The Morgan fingerprint density at radius 2 is 1.92 bits per heavy atom. The number of hydrogen-bond acceptors (Lipinski definition) is 3. The lowest BCUT2D eigenvalue weighted by atomic mass is 10.1. The topological polar surface area (TPSA) is 50.4 Å². The van der Waals surface area contributed by atoms with Crippen molar-refractivity contribution in [3.63, 3.8) is 0 Å². The number of anilines is 2. The molecule has 2 aromatic rings. The van der Waals surface area contributed by atoms with Crippen molar-refractivity contribution in [1.29, 1.82) is 0 Å². The standard InChI is InChI=1S/C20H25BrN2O2/c1-4-25-19-9-8-15(11-18(19)21)13-22-16-6-5-7-17(12-16)23-20(24)10-14(2)3/h5-9,11-12,14,22H,4,10,13H2,1-3H3,(H,23,24). The third-order valence-electron chi connectivity index (χ3n) is 3.53. The van der Waals surface area contributed by atoms with Crippen LogP contribution >= 0.6 is 15.9 Å². The Bertz CT molecular complexity index is 717. The number of carbonyl (C=O) groups excluding carboxylic acids is 1. The van der Waals surface area contributed by atoms with Crippen LogP contribution in [0.1, 0.15) is 32.8 Å². The van der Waals surface area contributed by atoms with Gasteiger partial charge in [0.15, 0.2) is 0 Å². The van der Waals surface area contributed by atoms with Crippen LogP contribution in [0.4, 0.5) is 11.4 Å². The van der Waals surface area contributed by atoms with Crippen molar-refractivity contribution in [2.45, 2.75) is 33.7 Å². The van der Waals surface area contributed by atoms with Crippen LogP contribution in [-0.4, -0.2) is 12.5 Å². The molecule has 134 valence electrons. The number of hydrogen-bond donors (Lipinski definition) is 2. The lowest BCUT2D eigenvalue weighted by Crippen LogP contribution is -2.13. The SMILES string of the molecule is CCOc1ccc(CNc2cccc(NC(=O)CC(C)C)c2)cc1Br. The summed E-state index contributed by atoms with van der Waals surface area (Å²) in [5.74, 6) is 1.24. The number of halogens is 1. The average molecular weight is 405 g/mol. The zero-order valence-electron chi connectivity index (χ0n) is 14.9. The van der Waals surface area contributed by atoms with Gasteiger partial charge in [0, 0.05) is 24.3 Å². The summed E-state index contributed by atoms with van der Waals surface area (Å²) in [6.07, 6.45) is 0.526. The number of carbonyl (C=O) groups is 1. The normalized spacial score (nSPS) is 10.6. The van der Waals surface area contributed by atoms with Gasteiger partial charge in [0.1, 0.15) is 5.75 Å². The molecule has 0 aliphatic heterocycles. The summed E-state index contributed by atoms with van der Waals surface area (Å²) in [4.78, 5) is 11.9. The fraction of sp³-hybridized carbons (Fsp3) is 0.350. The minimum atomic E-state index is 0.0441. The predicted molar refractivity (Wildman–Crippen MR) is 107 cm³/mol. The van der Waals surface area contributed by atoms with Crippen LogP contribution in [0.25, 0.3) is 0 Å². The molecule has 4 nitrogen and oxygen atoms in total. The molecule has 2 aromatic carbocycles. The quantitative estimate of drug-likeness (QED) is 0.615. The molecule has 2 N–H and O–H groups in total. The van der Waals surface area contributed by atoms with Gasteiger partial charge in [-0.2, -0.15) is 0 Å². The Morgan fingerprint density at radius 1 is 1.16 bits per heavy atom. The van der Waals surface area contributed by atoms with Crippen molar-refractivity contribution in [1.82, 2.24) is 0 Å². The zero-order chi connectivity index (χ0) is 18.2. The van der Waals surface area contributed by atoms with Gasteiger partial charge in [-0.15, -0.1) is 0 Å². The van der Waals surface area contributed by atoms with Gasteiger partial charge in [0.2, 0.25) is 5.91 Å². The van der Waals surface area contributed by atoms with Crippen molar-refractivity contribution in [2.75, 3.05) is 17.2 Å². The van der Waals surface area contributed by atoms with Gasteiger partial charge in [-0.3, -0.25) is 4.79 Å². The second kappa shape index (κ2) is 9.47. The summed E-state index contributed by atoms with van der Waals surface area (Å²) in [5, 5.41) is 6.32. The smallest absolute Gasteiger partial charge is 0.224 e. The fourth-order valence-corrected chi connectivity index (χ4v) is 2.96. The average Bonchev–Trinajstić information content (AvgIpc) is 2.55. The van der Waals surface area contributed by atoms with E-state index in [0.717, 1.165) is 27.2 Å². The summed E-state index contributed by atoms with van der Waals surface area (Å²) in [6, 6.07) is 13.8. The van der Waals surface area contributed by atoms with Gasteiger partial charge in [0.25, 0.3) is 0 Å². The van der Waals surface area contributed by atoms with Crippen LogP contribution in [0.5, 0.6) is 5.75 Å². The van der Waals surface area contributed by atoms with E-state index in [1.54, 1.807) is 0 Å². The van der Waals surface area contributed by atoms with E-state index in [1.165, 1.54) is 0 Å². The van der Waals surface area contributed by atoms with E-state index < -0.39 is 0 Å². The first-order valence-corrected chi connectivity index (χ1v) is 9.32. The maximum atomic E-state index is 11.9. The molecule has 0 aliphatic rings. The monoisotopic (exact) mass is 404 g/mol. The number of nitrogens with one attached hydrogen (secondary N) is 2. The Balaban J connectivity index is 1.96. The van der Waals surface area contributed by atoms with Gasteiger partial charge >= 0.3 is 0 Å². The number of rotatable bonds is 8. The first-order chi connectivity index (χ1) is 12.0. The largest absolute Gasteiger partial charge is 0.493 e. The van der Waals surface area contributed by atoms with Crippen molar-refractivity contribution >= 4 is 33.2 Å². The van der Waals surface area contributed by atoms with E-state index in [-0.39, 0.29) is 5.91 Å². The molecule has 1 amide bonds. The fourth-order valence-electron chi connectivity index (χ4n) is 2.42. The molecule has 0 aliphatic carbocycles. The van der Waals surface area contributed by atoms with E-state index in [0.29, 0.717) is 25.5 Å². The molecule has 0 saturated carbocycles. The van der Waals surface area contributed by atoms with Crippen molar-refractivity contribution in [3.05, 3.63) is 52.5 Å². The molecular weight excluding hydrogens is 380 g/mol. The third kappa shape index (κ3) is 6.42. The first-order valence-electron chi connectivity index (χ1n) is 8.53. The van der Waals surface area contributed by atoms with E-state index in [9.17, 15) is 4.79 Å². The summed E-state index contributed by atoms with van der Waals surface area (Å²) in [5.41, 5.74) is 2.92. The minimum Gasteiger partial charge on any atom is -0.493 e. The summed E-state index contributed by atoms with van der Waals surface area (Å²) in [6.45, 7) is 7.37. The van der Waals surface area contributed by atoms with Crippen LogP contribution in [0, 0.1) is 5.92 Å². The van der Waals surface area contributed by atoms with Gasteiger partial charge in [-0.1, -0.05) is 26.0 Å². The van der Waals surface area contributed by atoms with Crippen LogP contribution < -0.4 is 15.4 Å². The molecule has 0 fully saturated rings. The highest BCUT2D eigenvalue weighted by Crippen LogP contribution is 2.26. The molecule has 25 heavy (non-hydrogen) atoms. The molecule has 2 rings (SSSR count). The minimum absolute atomic E-state index is 0.0441. The summed E-state index contributed by atoms with van der Waals surface area (Å²) in [7, 11) is 0. The summed E-state index contributed by atoms with van der Waals surface area (Å²) >= 11 is 3.53. The Kier molecular flexibility index (Phi) is 7.31. The van der Waals surface area contributed by atoms with Gasteiger partial charge in [-0.05, 0) is 64.7 Å². The van der Waals surface area contributed by atoms with Crippen molar-refractivity contribution < 1.29 is 9.53 Å². The van der Waals surface area contributed by atoms with E-state index in [4.69, 9.17) is 4.74 Å². The van der Waals surface area contributed by atoms with Crippen LogP contribution in [-0.2, 0) is 11.3 Å². The Labute approximate surface area is 158 Å². The molecule has 0 spiro atoms. The molecular formula is C20H25BrN2O2. The van der Waals surface area contributed by atoms with Gasteiger partial charge in [0.05, 0.1) is 11.1 Å². The zero-order valence-corrected chi connectivity index (χ0v) is 16.5. The highest BCUT2D eigenvalue weighted by atomic mass is 79.9. The Hall–Kier alpha value is -2.01. The molecule has 0 aromatic heterocycles. The molecule has 5 heteroatoms. The second-order valence-electron chi connectivity index (χ2n) is 6.28. The molecule has 0 heterocycles. The number of amides is 1.